The van der Waals surface area contributed by atoms with E-state index in [9.17, 15) is 9.59 Å². The second-order valence-corrected chi connectivity index (χ2v) is 7.72. The fraction of sp³-hybridized carbons (Fsp3) is 0.300. The highest BCUT2D eigenvalue weighted by Crippen LogP contribution is 2.21. The van der Waals surface area contributed by atoms with Gasteiger partial charge in [-0.2, -0.15) is 11.8 Å². The number of rotatable bonds is 9. The van der Waals surface area contributed by atoms with Crippen molar-refractivity contribution in [1.29, 1.82) is 0 Å². The van der Waals surface area contributed by atoms with Crippen molar-refractivity contribution in [2.24, 2.45) is 0 Å². The highest BCUT2D eigenvalue weighted by Gasteiger charge is 2.23. The van der Waals surface area contributed by atoms with Gasteiger partial charge in [-0.3, -0.25) is 4.79 Å². The third kappa shape index (κ3) is 6.62. The summed E-state index contributed by atoms with van der Waals surface area (Å²) in [5.74, 6) is 0.467. The molecule has 8 heteroatoms. The van der Waals surface area contributed by atoms with E-state index in [0.717, 1.165) is 11.3 Å². The van der Waals surface area contributed by atoms with Gasteiger partial charge in [-0.05, 0) is 54.3 Å². The Bertz CT molecular complexity index is 814. The van der Waals surface area contributed by atoms with Gasteiger partial charge in [0.05, 0.1) is 17.7 Å². The SMILES string of the molecule is COc1ccc(COC(=O)C(CCSC)NC(=O)c2ccc(Cl)cc2Cl)cc1. The Kier molecular flexibility index (Phi) is 8.96. The van der Waals surface area contributed by atoms with Gasteiger partial charge in [-0.15, -0.1) is 0 Å². The minimum atomic E-state index is -0.773. The first kappa shape index (κ1) is 22.4. The molecule has 0 bridgehead atoms. The van der Waals surface area contributed by atoms with Crippen LogP contribution in [-0.2, 0) is 16.1 Å². The van der Waals surface area contributed by atoms with Crippen molar-refractivity contribution >= 4 is 46.8 Å². The van der Waals surface area contributed by atoms with Crippen molar-refractivity contribution in [3.63, 3.8) is 0 Å². The Labute approximate surface area is 178 Å². The molecular weight excluding hydrogens is 421 g/mol. The lowest BCUT2D eigenvalue weighted by atomic mass is 10.1. The van der Waals surface area contributed by atoms with Gasteiger partial charge >= 0.3 is 5.97 Å². The maximum atomic E-state index is 12.5. The molecule has 1 amide bonds. The fourth-order valence-electron chi connectivity index (χ4n) is 2.37. The van der Waals surface area contributed by atoms with E-state index in [1.807, 2.05) is 18.4 Å². The van der Waals surface area contributed by atoms with Crippen LogP contribution < -0.4 is 10.1 Å². The van der Waals surface area contributed by atoms with E-state index in [4.69, 9.17) is 32.7 Å². The van der Waals surface area contributed by atoms with E-state index in [1.165, 1.54) is 12.1 Å². The van der Waals surface area contributed by atoms with Gasteiger partial charge < -0.3 is 14.8 Å². The average Bonchev–Trinajstić information content (AvgIpc) is 2.69. The molecule has 0 saturated carbocycles. The number of thioether (sulfide) groups is 1. The molecule has 0 aliphatic heterocycles. The Hall–Kier alpha value is -1.89. The molecular formula is C20H21Cl2NO4S. The summed E-state index contributed by atoms with van der Waals surface area (Å²) in [7, 11) is 1.58. The third-order valence-corrected chi connectivity index (χ3v) is 5.11. The number of methoxy groups -OCH3 is 1. The number of nitrogens with one attached hydrogen (secondary N) is 1. The maximum absolute atomic E-state index is 12.5. The number of carbonyl (C=O) groups is 2. The fourth-order valence-corrected chi connectivity index (χ4v) is 3.34. The van der Waals surface area contributed by atoms with Gasteiger partial charge in [-0.1, -0.05) is 35.3 Å². The molecule has 1 atom stereocenters. The van der Waals surface area contributed by atoms with Gasteiger partial charge in [0, 0.05) is 5.02 Å². The van der Waals surface area contributed by atoms with E-state index in [-0.39, 0.29) is 17.2 Å². The number of esters is 1. The normalized spacial score (nSPS) is 11.6. The van der Waals surface area contributed by atoms with E-state index >= 15 is 0 Å². The summed E-state index contributed by atoms with van der Waals surface area (Å²) in [5.41, 5.74) is 1.08. The van der Waals surface area contributed by atoms with Crippen LogP contribution in [0.5, 0.6) is 5.75 Å². The summed E-state index contributed by atoms with van der Waals surface area (Å²) < 4.78 is 10.5. The van der Waals surface area contributed by atoms with Crippen LogP contribution in [0.4, 0.5) is 0 Å². The third-order valence-electron chi connectivity index (χ3n) is 3.92. The largest absolute Gasteiger partial charge is 0.497 e. The molecule has 0 heterocycles. The monoisotopic (exact) mass is 441 g/mol. The summed E-state index contributed by atoms with van der Waals surface area (Å²) in [6, 6.07) is 11.0. The highest BCUT2D eigenvalue weighted by atomic mass is 35.5. The smallest absolute Gasteiger partial charge is 0.329 e. The number of amides is 1. The number of hydrogen-bond donors (Lipinski definition) is 1. The van der Waals surface area contributed by atoms with Crippen LogP contribution in [0.3, 0.4) is 0 Å². The summed E-state index contributed by atoms with van der Waals surface area (Å²) in [6.45, 7) is 0.107. The lowest BCUT2D eigenvalue weighted by molar-refractivity contribution is -0.147. The zero-order valence-electron chi connectivity index (χ0n) is 15.5. The quantitative estimate of drug-likeness (QED) is 0.576. The topological polar surface area (TPSA) is 64.6 Å². The average molecular weight is 442 g/mol. The molecule has 0 fully saturated rings. The Morgan fingerprint density at radius 2 is 1.86 bits per heavy atom. The summed E-state index contributed by atoms with van der Waals surface area (Å²) >= 11 is 13.5. The number of carbonyl (C=O) groups excluding carboxylic acids is 2. The first-order valence-electron chi connectivity index (χ1n) is 8.49. The van der Waals surface area contributed by atoms with Gasteiger partial charge in [0.2, 0.25) is 0 Å². The van der Waals surface area contributed by atoms with Crippen LogP contribution in [0.2, 0.25) is 10.0 Å². The first-order valence-corrected chi connectivity index (χ1v) is 10.6. The Balaban J connectivity index is 2.02. The lowest BCUT2D eigenvalue weighted by Crippen LogP contribution is -2.42. The number of halogens is 2. The molecule has 5 nitrogen and oxygen atoms in total. The van der Waals surface area contributed by atoms with Crippen molar-refractivity contribution in [3.8, 4) is 5.75 Å². The van der Waals surface area contributed by atoms with Crippen molar-refractivity contribution in [2.45, 2.75) is 19.1 Å². The van der Waals surface area contributed by atoms with Gasteiger partial charge in [0.1, 0.15) is 18.4 Å². The van der Waals surface area contributed by atoms with Gasteiger partial charge in [-0.25, -0.2) is 4.79 Å². The molecule has 2 rings (SSSR count). The number of benzene rings is 2. The van der Waals surface area contributed by atoms with Crippen LogP contribution in [0, 0.1) is 0 Å². The minimum absolute atomic E-state index is 0.107. The zero-order valence-corrected chi connectivity index (χ0v) is 17.9. The number of hydrogen-bond acceptors (Lipinski definition) is 5. The van der Waals surface area contributed by atoms with E-state index in [2.05, 4.69) is 5.32 Å². The lowest BCUT2D eigenvalue weighted by Gasteiger charge is -2.18. The summed E-state index contributed by atoms with van der Waals surface area (Å²) in [4.78, 5) is 25.1. The van der Waals surface area contributed by atoms with Crippen molar-refractivity contribution in [2.75, 3.05) is 19.1 Å². The Morgan fingerprint density at radius 3 is 2.46 bits per heavy atom. The standard InChI is InChI=1S/C20H21Cl2NO4S/c1-26-15-6-3-13(4-7-15)12-27-20(25)18(9-10-28-2)23-19(24)16-8-5-14(21)11-17(16)22/h3-8,11,18H,9-10,12H2,1-2H3,(H,23,24). The van der Waals surface area contributed by atoms with Crippen LogP contribution in [-0.4, -0.2) is 37.0 Å². The Morgan fingerprint density at radius 1 is 1.14 bits per heavy atom. The molecule has 0 aliphatic rings. The van der Waals surface area contributed by atoms with E-state index < -0.39 is 17.9 Å². The molecule has 2 aromatic rings. The first-order chi connectivity index (χ1) is 13.4. The van der Waals surface area contributed by atoms with E-state index in [0.29, 0.717) is 17.2 Å². The molecule has 0 spiro atoms. The van der Waals surface area contributed by atoms with Crippen LogP contribution in [0.25, 0.3) is 0 Å². The predicted octanol–water partition coefficient (Wildman–Crippen LogP) is 4.60. The van der Waals surface area contributed by atoms with E-state index in [1.54, 1.807) is 37.1 Å². The summed E-state index contributed by atoms with van der Waals surface area (Å²) in [6.07, 6.45) is 2.37. The molecule has 150 valence electrons. The molecule has 1 unspecified atom stereocenters. The second-order valence-electron chi connectivity index (χ2n) is 5.89. The van der Waals surface area contributed by atoms with Crippen molar-refractivity contribution in [3.05, 3.63) is 63.6 Å². The van der Waals surface area contributed by atoms with Gasteiger partial charge in [0.15, 0.2) is 0 Å². The second kappa shape index (κ2) is 11.2. The van der Waals surface area contributed by atoms with Crippen molar-refractivity contribution in [1.82, 2.24) is 5.32 Å². The minimum Gasteiger partial charge on any atom is -0.497 e. The van der Waals surface area contributed by atoms with Gasteiger partial charge in [0.25, 0.3) is 5.91 Å². The molecule has 28 heavy (non-hydrogen) atoms. The maximum Gasteiger partial charge on any atom is 0.329 e. The summed E-state index contributed by atoms with van der Waals surface area (Å²) in [5, 5.41) is 3.36. The molecule has 1 N–H and O–H groups in total. The van der Waals surface area contributed by atoms with Crippen LogP contribution >= 0.6 is 35.0 Å². The zero-order chi connectivity index (χ0) is 20.5. The molecule has 0 aromatic heterocycles. The molecule has 0 saturated heterocycles. The highest BCUT2D eigenvalue weighted by molar-refractivity contribution is 7.98. The van der Waals surface area contributed by atoms with Crippen LogP contribution in [0.1, 0.15) is 22.3 Å². The van der Waals surface area contributed by atoms with Crippen molar-refractivity contribution < 1.29 is 19.1 Å². The van der Waals surface area contributed by atoms with Crippen LogP contribution in [0.15, 0.2) is 42.5 Å². The predicted molar refractivity (Wildman–Crippen MR) is 114 cm³/mol. The molecule has 0 aliphatic carbocycles. The number of ether oxygens (including phenoxy) is 2. The molecule has 2 aromatic carbocycles. The molecule has 0 radical (unpaired) electrons.